The van der Waals surface area contributed by atoms with E-state index in [2.05, 4.69) is 10.6 Å². The van der Waals surface area contributed by atoms with Crippen LogP contribution in [0.2, 0.25) is 10.0 Å². The Morgan fingerprint density at radius 3 is 2.52 bits per heavy atom. The van der Waals surface area contributed by atoms with Crippen molar-refractivity contribution >= 4 is 58.2 Å². The molecule has 0 spiro atoms. The van der Waals surface area contributed by atoms with Gasteiger partial charge in [0.2, 0.25) is 5.91 Å². The van der Waals surface area contributed by atoms with Crippen LogP contribution in [0.15, 0.2) is 71.6 Å². The summed E-state index contributed by atoms with van der Waals surface area (Å²) in [4.78, 5) is 25.5. The zero-order valence-corrected chi connectivity index (χ0v) is 17.9. The second-order valence-corrected chi connectivity index (χ2v) is 8.20. The van der Waals surface area contributed by atoms with Crippen LogP contribution in [-0.4, -0.2) is 17.6 Å². The summed E-state index contributed by atoms with van der Waals surface area (Å²) in [7, 11) is 0. The molecule has 0 fully saturated rings. The first kappa shape index (κ1) is 21.2. The van der Waals surface area contributed by atoms with Crippen LogP contribution in [-0.2, 0) is 4.79 Å². The van der Waals surface area contributed by atoms with E-state index in [1.54, 1.807) is 24.3 Å². The Kier molecular flexibility index (Phi) is 7.20. The van der Waals surface area contributed by atoms with Crippen molar-refractivity contribution in [2.75, 3.05) is 16.4 Å². The third-order valence-electron chi connectivity index (χ3n) is 3.94. The molecule has 0 aromatic heterocycles. The summed E-state index contributed by atoms with van der Waals surface area (Å²) < 4.78 is 0. The highest BCUT2D eigenvalue weighted by Crippen LogP contribution is 2.26. The molecule has 3 aromatic rings. The monoisotopic (exact) mass is 444 g/mol. The van der Waals surface area contributed by atoms with Crippen molar-refractivity contribution in [3.8, 4) is 0 Å². The lowest BCUT2D eigenvalue weighted by Gasteiger charge is -2.09. The topological polar surface area (TPSA) is 58.2 Å². The normalized spacial score (nSPS) is 10.4. The zero-order chi connectivity index (χ0) is 20.8. The molecule has 0 radical (unpaired) electrons. The average Bonchev–Trinajstić information content (AvgIpc) is 2.69. The molecule has 0 saturated carbocycles. The first-order valence-electron chi connectivity index (χ1n) is 8.76. The van der Waals surface area contributed by atoms with Gasteiger partial charge in [-0.1, -0.05) is 47.0 Å². The van der Waals surface area contributed by atoms with Gasteiger partial charge in [-0.05, 0) is 55.5 Å². The number of anilines is 2. The van der Waals surface area contributed by atoms with E-state index in [9.17, 15) is 9.59 Å². The molecule has 2 N–H and O–H groups in total. The number of carbonyl (C=O) groups is 2. The number of nitrogens with one attached hydrogen (secondary N) is 2. The molecule has 148 valence electrons. The number of thioether (sulfide) groups is 1. The zero-order valence-electron chi connectivity index (χ0n) is 15.5. The largest absolute Gasteiger partial charge is 0.324 e. The standard InChI is InChI=1S/C22H18Cl2N2O2S/c1-14-4-2-5-15(10-14)22(28)25-17-6-3-7-18(12-17)29-13-21(27)26-20-11-16(23)8-9-19(20)24/h2-12H,13H2,1H3,(H,25,28)(H,26,27). The van der Waals surface area contributed by atoms with Gasteiger partial charge >= 0.3 is 0 Å². The van der Waals surface area contributed by atoms with E-state index in [1.807, 2.05) is 49.4 Å². The molecular formula is C22H18Cl2N2O2S. The fraction of sp³-hybridized carbons (Fsp3) is 0.0909. The minimum absolute atomic E-state index is 0.177. The van der Waals surface area contributed by atoms with E-state index in [1.165, 1.54) is 11.8 Å². The van der Waals surface area contributed by atoms with Crippen LogP contribution >= 0.6 is 35.0 Å². The van der Waals surface area contributed by atoms with Crippen LogP contribution in [0.4, 0.5) is 11.4 Å². The minimum Gasteiger partial charge on any atom is -0.324 e. The molecule has 0 aliphatic heterocycles. The summed E-state index contributed by atoms with van der Waals surface area (Å²) in [5.74, 6) is -0.185. The SMILES string of the molecule is Cc1cccc(C(=O)Nc2cccc(SCC(=O)Nc3cc(Cl)ccc3Cl)c2)c1. The van der Waals surface area contributed by atoms with Gasteiger partial charge in [-0.15, -0.1) is 11.8 Å². The Labute approximate surface area is 183 Å². The fourth-order valence-corrected chi connectivity index (χ4v) is 3.67. The van der Waals surface area contributed by atoms with Gasteiger partial charge in [0.25, 0.3) is 5.91 Å². The van der Waals surface area contributed by atoms with Crippen LogP contribution in [0.5, 0.6) is 0 Å². The van der Waals surface area contributed by atoms with E-state index < -0.39 is 0 Å². The predicted octanol–water partition coefficient (Wildman–Crippen LogP) is 6.28. The first-order valence-corrected chi connectivity index (χ1v) is 10.5. The molecule has 0 atom stereocenters. The fourth-order valence-electron chi connectivity index (χ4n) is 2.58. The van der Waals surface area contributed by atoms with Crippen molar-refractivity contribution < 1.29 is 9.59 Å². The van der Waals surface area contributed by atoms with E-state index >= 15 is 0 Å². The maximum Gasteiger partial charge on any atom is 0.255 e. The number of halogens is 2. The number of aryl methyl sites for hydroxylation is 1. The summed E-state index contributed by atoms with van der Waals surface area (Å²) in [6, 6.07) is 19.6. The van der Waals surface area contributed by atoms with E-state index in [-0.39, 0.29) is 17.6 Å². The molecule has 0 aliphatic rings. The van der Waals surface area contributed by atoms with Crippen molar-refractivity contribution in [3.05, 3.63) is 87.9 Å². The van der Waals surface area contributed by atoms with Gasteiger partial charge in [-0.3, -0.25) is 9.59 Å². The number of hydrogen-bond donors (Lipinski definition) is 2. The van der Waals surface area contributed by atoms with Gasteiger partial charge in [0.05, 0.1) is 16.5 Å². The third kappa shape index (κ3) is 6.26. The molecule has 29 heavy (non-hydrogen) atoms. The van der Waals surface area contributed by atoms with E-state index in [0.29, 0.717) is 27.0 Å². The molecule has 0 bridgehead atoms. The van der Waals surface area contributed by atoms with Gasteiger partial charge in [-0.2, -0.15) is 0 Å². The summed E-state index contributed by atoms with van der Waals surface area (Å²) >= 11 is 13.4. The highest BCUT2D eigenvalue weighted by atomic mass is 35.5. The van der Waals surface area contributed by atoms with Gasteiger partial charge in [0, 0.05) is 21.2 Å². The summed E-state index contributed by atoms with van der Waals surface area (Å²) in [5.41, 5.74) is 2.76. The van der Waals surface area contributed by atoms with Gasteiger partial charge in [0.15, 0.2) is 0 Å². The smallest absolute Gasteiger partial charge is 0.255 e. The Morgan fingerprint density at radius 1 is 0.931 bits per heavy atom. The average molecular weight is 445 g/mol. The number of amides is 2. The number of rotatable bonds is 6. The van der Waals surface area contributed by atoms with Crippen LogP contribution in [0.25, 0.3) is 0 Å². The summed E-state index contributed by atoms with van der Waals surface area (Å²) in [6.07, 6.45) is 0. The molecule has 3 aromatic carbocycles. The van der Waals surface area contributed by atoms with Crippen molar-refractivity contribution in [1.29, 1.82) is 0 Å². The lowest BCUT2D eigenvalue weighted by atomic mass is 10.1. The van der Waals surface area contributed by atoms with E-state index in [0.717, 1.165) is 10.5 Å². The highest BCUT2D eigenvalue weighted by molar-refractivity contribution is 8.00. The molecule has 0 heterocycles. The lowest BCUT2D eigenvalue weighted by Crippen LogP contribution is -2.14. The minimum atomic E-state index is -0.201. The van der Waals surface area contributed by atoms with Crippen LogP contribution < -0.4 is 10.6 Å². The molecule has 0 unspecified atom stereocenters. The number of carbonyl (C=O) groups excluding carboxylic acids is 2. The molecule has 0 aliphatic carbocycles. The van der Waals surface area contributed by atoms with Crippen molar-refractivity contribution in [1.82, 2.24) is 0 Å². The lowest BCUT2D eigenvalue weighted by molar-refractivity contribution is -0.113. The molecule has 0 saturated heterocycles. The summed E-state index contributed by atoms with van der Waals surface area (Å²) in [5, 5.41) is 6.55. The van der Waals surface area contributed by atoms with Crippen molar-refractivity contribution in [2.24, 2.45) is 0 Å². The van der Waals surface area contributed by atoms with Crippen molar-refractivity contribution in [2.45, 2.75) is 11.8 Å². The van der Waals surface area contributed by atoms with Gasteiger partial charge < -0.3 is 10.6 Å². The molecular weight excluding hydrogens is 427 g/mol. The van der Waals surface area contributed by atoms with Gasteiger partial charge in [0.1, 0.15) is 0 Å². The Morgan fingerprint density at radius 2 is 1.72 bits per heavy atom. The maximum absolute atomic E-state index is 12.4. The number of benzene rings is 3. The Bertz CT molecular complexity index is 1060. The Hall–Kier alpha value is -2.47. The van der Waals surface area contributed by atoms with Gasteiger partial charge in [-0.25, -0.2) is 0 Å². The quantitative estimate of drug-likeness (QED) is 0.439. The molecule has 3 rings (SSSR count). The van der Waals surface area contributed by atoms with Crippen LogP contribution in [0.3, 0.4) is 0 Å². The maximum atomic E-state index is 12.4. The molecule has 2 amide bonds. The second-order valence-electron chi connectivity index (χ2n) is 6.31. The Balaban J connectivity index is 1.59. The number of hydrogen-bond acceptors (Lipinski definition) is 3. The highest BCUT2D eigenvalue weighted by Gasteiger charge is 2.09. The van der Waals surface area contributed by atoms with Crippen LogP contribution in [0, 0.1) is 6.92 Å². The third-order valence-corrected chi connectivity index (χ3v) is 5.50. The first-order chi connectivity index (χ1) is 13.9. The van der Waals surface area contributed by atoms with E-state index in [4.69, 9.17) is 23.2 Å². The molecule has 4 nitrogen and oxygen atoms in total. The summed E-state index contributed by atoms with van der Waals surface area (Å²) in [6.45, 7) is 1.94. The van der Waals surface area contributed by atoms with Crippen molar-refractivity contribution in [3.63, 3.8) is 0 Å². The predicted molar refractivity (Wildman–Crippen MR) is 121 cm³/mol. The second kappa shape index (κ2) is 9.83. The van der Waals surface area contributed by atoms with Crippen LogP contribution in [0.1, 0.15) is 15.9 Å². The molecule has 7 heteroatoms.